The number of thiazole rings is 1. The molecule has 0 amide bonds. The van der Waals surface area contributed by atoms with Crippen molar-refractivity contribution in [1.29, 1.82) is 0 Å². The van der Waals surface area contributed by atoms with E-state index < -0.39 is 0 Å². The molecule has 2 aromatic rings. The van der Waals surface area contributed by atoms with E-state index in [1.54, 1.807) is 12.3 Å². The lowest BCUT2D eigenvalue weighted by molar-refractivity contribution is 1.16. The normalized spacial score (nSPS) is 10.6. The molecule has 0 radical (unpaired) electrons. The summed E-state index contributed by atoms with van der Waals surface area (Å²) in [6.45, 7) is 2.60. The molecule has 90 valence electrons. The summed E-state index contributed by atoms with van der Waals surface area (Å²) in [4.78, 5) is 5.05. The van der Waals surface area contributed by atoms with Gasteiger partial charge in [-0.1, -0.05) is 34.8 Å². The van der Waals surface area contributed by atoms with Crippen LogP contribution in [-0.4, -0.2) is 4.98 Å². The summed E-state index contributed by atoms with van der Waals surface area (Å²) in [6.07, 6.45) is 1.76. The minimum atomic E-state index is 0.549. The second kappa shape index (κ2) is 5.44. The predicted molar refractivity (Wildman–Crippen MR) is 75.6 cm³/mol. The SMILES string of the molecule is Cc1c(NCc2cnc(Cl)s2)ccc(Cl)c1Cl. The third-order valence-electron chi connectivity index (χ3n) is 2.32. The van der Waals surface area contributed by atoms with E-state index in [4.69, 9.17) is 34.8 Å². The highest BCUT2D eigenvalue weighted by atomic mass is 35.5. The lowest BCUT2D eigenvalue weighted by Crippen LogP contribution is -1.99. The second-order valence-electron chi connectivity index (χ2n) is 3.47. The highest BCUT2D eigenvalue weighted by Crippen LogP contribution is 2.31. The van der Waals surface area contributed by atoms with Gasteiger partial charge < -0.3 is 5.32 Å². The maximum atomic E-state index is 6.07. The van der Waals surface area contributed by atoms with Gasteiger partial charge >= 0.3 is 0 Å². The van der Waals surface area contributed by atoms with E-state index >= 15 is 0 Å². The summed E-state index contributed by atoms with van der Waals surface area (Å²) >= 11 is 19.2. The van der Waals surface area contributed by atoms with Crippen molar-refractivity contribution in [1.82, 2.24) is 4.98 Å². The maximum Gasteiger partial charge on any atom is 0.183 e. The van der Waals surface area contributed by atoms with Crippen molar-refractivity contribution in [3.63, 3.8) is 0 Å². The number of hydrogen-bond acceptors (Lipinski definition) is 3. The molecule has 0 spiro atoms. The van der Waals surface area contributed by atoms with Gasteiger partial charge in [0.05, 0.1) is 16.6 Å². The first kappa shape index (κ1) is 13.0. The summed E-state index contributed by atoms with van der Waals surface area (Å²) < 4.78 is 0.549. The molecule has 0 saturated heterocycles. The Hall–Kier alpha value is -0.480. The monoisotopic (exact) mass is 306 g/mol. The fourth-order valence-corrected chi connectivity index (χ4v) is 2.68. The van der Waals surface area contributed by atoms with Crippen molar-refractivity contribution >= 4 is 51.8 Å². The molecule has 0 unspecified atom stereocenters. The summed E-state index contributed by atoms with van der Waals surface area (Å²) in [6, 6.07) is 3.69. The third-order valence-corrected chi connectivity index (χ3v) is 4.33. The van der Waals surface area contributed by atoms with Gasteiger partial charge in [-0.05, 0) is 24.6 Å². The molecule has 1 heterocycles. The first-order valence-corrected chi connectivity index (χ1v) is 6.81. The molecule has 0 bridgehead atoms. The standard InChI is InChI=1S/C11H9Cl3N2S/c1-6-9(3-2-8(12)10(6)13)15-4-7-5-16-11(14)17-7/h2-3,5,15H,4H2,1H3. The molecule has 0 aliphatic heterocycles. The van der Waals surface area contributed by atoms with Crippen LogP contribution < -0.4 is 5.32 Å². The Labute approximate surface area is 119 Å². The van der Waals surface area contributed by atoms with E-state index in [1.807, 2.05) is 13.0 Å². The topological polar surface area (TPSA) is 24.9 Å². The average molecular weight is 308 g/mol. The van der Waals surface area contributed by atoms with E-state index in [2.05, 4.69) is 10.3 Å². The Kier molecular flexibility index (Phi) is 4.15. The molecule has 1 aromatic heterocycles. The summed E-state index contributed by atoms with van der Waals surface area (Å²) in [5.41, 5.74) is 1.90. The van der Waals surface area contributed by atoms with Crippen molar-refractivity contribution in [3.05, 3.63) is 43.3 Å². The van der Waals surface area contributed by atoms with Crippen molar-refractivity contribution in [2.45, 2.75) is 13.5 Å². The molecule has 2 nitrogen and oxygen atoms in total. The van der Waals surface area contributed by atoms with Gasteiger partial charge in [0.2, 0.25) is 0 Å². The molecule has 0 atom stereocenters. The average Bonchev–Trinajstić information content (AvgIpc) is 2.71. The number of aromatic nitrogens is 1. The zero-order valence-corrected chi connectivity index (χ0v) is 12.0. The molecule has 0 aliphatic rings. The van der Waals surface area contributed by atoms with Gasteiger partial charge in [0, 0.05) is 16.8 Å². The molecule has 1 N–H and O–H groups in total. The van der Waals surface area contributed by atoms with Crippen LogP contribution >= 0.6 is 46.1 Å². The Balaban J connectivity index is 2.12. The molecular weight excluding hydrogens is 299 g/mol. The Morgan fingerprint density at radius 3 is 2.71 bits per heavy atom. The highest BCUT2D eigenvalue weighted by Gasteiger charge is 2.07. The number of hydrogen-bond donors (Lipinski definition) is 1. The lowest BCUT2D eigenvalue weighted by Gasteiger charge is -2.10. The van der Waals surface area contributed by atoms with E-state index in [9.17, 15) is 0 Å². The maximum absolute atomic E-state index is 6.07. The van der Waals surface area contributed by atoms with Crippen LogP contribution in [0.5, 0.6) is 0 Å². The van der Waals surface area contributed by atoms with Gasteiger partial charge in [-0.3, -0.25) is 0 Å². The second-order valence-corrected chi connectivity index (χ2v) is 5.95. The van der Waals surface area contributed by atoms with E-state index in [1.165, 1.54) is 11.3 Å². The van der Waals surface area contributed by atoms with Crippen LogP contribution in [0.3, 0.4) is 0 Å². The van der Waals surface area contributed by atoms with Gasteiger partial charge in [0.25, 0.3) is 0 Å². The molecule has 1 aromatic carbocycles. The number of halogens is 3. The van der Waals surface area contributed by atoms with Crippen LogP contribution in [0.25, 0.3) is 0 Å². The van der Waals surface area contributed by atoms with Gasteiger partial charge in [-0.15, -0.1) is 11.3 Å². The molecule has 17 heavy (non-hydrogen) atoms. The fraction of sp³-hybridized carbons (Fsp3) is 0.182. The summed E-state index contributed by atoms with van der Waals surface area (Å²) in [5, 5.41) is 4.43. The predicted octanol–water partition coefficient (Wildman–Crippen LogP) is 5.02. The zero-order chi connectivity index (χ0) is 12.4. The van der Waals surface area contributed by atoms with Crippen molar-refractivity contribution in [2.24, 2.45) is 0 Å². The third kappa shape index (κ3) is 3.05. The lowest BCUT2D eigenvalue weighted by atomic mass is 10.2. The highest BCUT2D eigenvalue weighted by molar-refractivity contribution is 7.15. The van der Waals surface area contributed by atoms with Gasteiger partial charge in [-0.25, -0.2) is 4.98 Å². The molecule has 0 saturated carbocycles. The fourth-order valence-electron chi connectivity index (χ4n) is 1.39. The van der Waals surface area contributed by atoms with E-state index in [0.717, 1.165) is 16.1 Å². The van der Waals surface area contributed by atoms with Crippen molar-refractivity contribution in [2.75, 3.05) is 5.32 Å². The van der Waals surface area contributed by atoms with Crippen LogP contribution in [0, 0.1) is 6.92 Å². The van der Waals surface area contributed by atoms with E-state index in [-0.39, 0.29) is 0 Å². The molecule has 0 aliphatic carbocycles. The zero-order valence-electron chi connectivity index (χ0n) is 8.93. The quantitative estimate of drug-likeness (QED) is 0.861. The smallest absolute Gasteiger partial charge is 0.183 e. The van der Waals surface area contributed by atoms with Gasteiger partial charge in [-0.2, -0.15) is 0 Å². The summed E-state index contributed by atoms with van der Waals surface area (Å²) in [5.74, 6) is 0. The molecule has 0 fully saturated rings. The molecular formula is C11H9Cl3N2S. The summed E-state index contributed by atoms with van der Waals surface area (Å²) in [7, 11) is 0. The number of rotatable bonds is 3. The Bertz CT molecular complexity index is 540. The largest absolute Gasteiger partial charge is 0.380 e. The van der Waals surface area contributed by atoms with Crippen LogP contribution in [0.1, 0.15) is 10.4 Å². The first-order valence-electron chi connectivity index (χ1n) is 4.86. The van der Waals surface area contributed by atoms with Crippen LogP contribution in [0.2, 0.25) is 14.5 Å². The van der Waals surface area contributed by atoms with Crippen LogP contribution in [0.4, 0.5) is 5.69 Å². The minimum absolute atomic E-state index is 0.549. The Morgan fingerprint density at radius 1 is 1.29 bits per heavy atom. The first-order chi connectivity index (χ1) is 8.08. The number of benzene rings is 1. The van der Waals surface area contributed by atoms with Crippen LogP contribution in [0.15, 0.2) is 18.3 Å². The Morgan fingerprint density at radius 2 is 2.06 bits per heavy atom. The minimum Gasteiger partial charge on any atom is -0.380 e. The molecule has 6 heteroatoms. The van der Waals surface area contributed by atoms with Crippen molar-refractivity contribution in [3.8, 4) is 0 Å². The van der Waals surface area contributed by atoms with Crippen LogP contribution in [-0.2, 0) is 6.54 Å². The van der Waals surface area contributed by atoms with Gasteiger partial charge in [0.1, 0.15) is 0 Å². The van der Waals surface area contributed by atoms with Gasteiger partial charge in [0.15, 0.2) is 4.47 Å². The van der Waals surface area contributed by atoms with Crippen molar-refractivity contribution < 1.29 is 0 Å². The molecule has 2 rings (SSSR count). The number of nitrogens with one attached hydrogen (secondary N) is 1. The number of nitrogens with zero attached hydrogens (tertiary/aromatic N) is 1. The number of anilines is 1. The van der Waals surface area contributed by atoms with E-state index in [0.29, 0.717) is 21.1 Å².